The topological polar surface area (TPSA) is 49.3 Å². The molecule has 0 aromatic heterocycles. The lowest BCUT2D eigenvalue weighted by atomic mass is 10.1. The highest BCUT2D eigenvalue weighted by Crippen LogP contribution is 2.15. The fourth-order valence-electron chi connectivity index (χ4n) is 1.29. The van der Waals surface area contributed by atoms with Gasteiger partial charge in [0, 0.05) is 0 Å². The van der Waals surface area contributed by atoms with E-state index < -0.39 is 24.5 Å². The zero-order valence-corrected chi connectivity index (χ0v) is 8.73. The highest BCUT2D eigenvalue weighted by molar-refractivity contribution is 5.75. The molecule has 0 radical (unpaired) electrons. The van der Waals surface area contributed by atoms with Gasteiger partial charge >= 0.3 is 5.97 Å². The van der Waals surface area contributed by atoms with E-state index in [1.165, 1.54) is 6.92 Å². The first-order valence-electron chi connectivity index (χ1n) is 4.84. The highest BCUT2D eigenvalue weighted by Gasteiger charge is 2.25. The molecule has 2 N–H and O–H groups in total. The van der Waals surface area contributed by atoms with Gasteiger partial charge in [-0.1, -0.05) is 30.3 Å². The van der Waals surface area contributed by atoms with Crippen LogP contribution in [0.1, 0.15) is 18.5 Å². The number of halogens is 2. The van der Waals surface area contributed by atoms with E-state index in [1.807, 2.05) is 0 Å². The number of carboxylic acids is 1. The van der Waals surface area contributed by atoms with Gasteiger partial charge in [0.2, 0.25) is 0 Å². The molecule has 16 heavy (non-hydrogen) atoms. The summed E-state index contributed by atoms with van der Waals surface area (Å²) >= 11 is 0. The maximum atomic E-state index is 12.3. The van der Waals surface area contributed by atoms with E-state index in [1.54, 1.807) is 30.3 Å². The average Bonchev–Trinajstić information content (AvgIpc) is 2.26. The first-order valence-corrected chi connectivity index (χ1v) is 4.84. The summed E-state index contributed by atoms with van der Waals surface area (Å²) in [4.78, 5) is 11.0. The van der Waals surface area contributed by atoms with Crippen molar-refractivity contribution in [3.05, 3.63) is 35.9 Å². The number of alkyl halides is 2. The Morgan fingerprint density at radius 1 is 1.31 bits per heavy atom. The van der Waals surface area contributed by atoms with Crippen LogP contribution in [0.15, 0.2) is 30.3 Å². The molecule has 0 spiro atoms. The molecular weight excluding hydrogens is 216 g/mol. The average molecular weight is 229 g/mol. The fourth-order valence-corrected chi connectivity index (χ4v) is 1.29. The van der Waals surface area contributed by atoms with Crippen LogP contribution in [0.2, 0.25) is 0 Å². The van der Waals surface area contributed by atoms with Crippen molar-refractivity contribution in [3.8, 4) is 0 Å². The van der Waals surface area contributed by atoms with Crippen LogP contribution in [0.5, 0.6) is 0 Å². The number of benzene rings is 1. The van der Waals surface area contributed by atoms with Crippen molar-refractivity contribution in [2.24, 2.45) is 0 Å². The first kappa shape index (κ1) is 12.6. The number of hydrogen-bond acceptors (Lipinski definition) is 2. The summed E-state index contributed by atoms with van der Waals surface area (Å²) in [6.07, 6.45) is -2.59. The smallest absolute Gasteiger partial charge is 0.325 e. The molecule has 0 saturated carbocycles. The number of rotatable bonds is 5. The van der Waals surface area contributed by atoms with Crippen molar-refractivity contribution in [2.45, 2.75) is 25.4 Å². The normalized spacial score (nSPS) is 14.8. The Bertz CT molecular complexity index is 343. The second kappa shape index (κ2) is 5.55. The van der Waals surface area contributed by atoms with E-state index in [-0.39, 0.29) is 0 Å². The molecule has 0 heterocycles. The van der Waals surface area contributed by atoms with Gasteiger partial charge in [-0.3, -0.25) is 10.1 Å². The van der Waals surface area contributed by atoms with Gasteiger partial charge in [0.15, 0.2) is 0 Å². The lowest BCUT2D eigenvalue weighted by Crippen LogP contribution is -2.39. The Kier molecular flexibility index (Phi) is 4.37. The predicted octanol–water partition coefficient (Wildman–Crippen LogP) is 2.06. The van der Waals surface area contributed by atoms with E-state index in [0.29, 0.717) is 5.56 Å². The van der Waals surface area contributed by atoms with E-state index >= 15 is 0 Å². The SMILES string of the molecule is CC(NC(C(=O)O)c1ccccc1)C(F)F. The van der Waals surface area contributed by atoms with E-state index in [4.69, 9.17) is 5.11 Å². The third kappa shape index (κ3) is 3.27. The molecule has 88 valence electrons. The largest absolute Gasteiger partial charge is 0.480 e. The van der Waals surface area contributed by atoms with Crippen molar-refractivity contribution in [1.29, 1.82) is 0 Å². The van der Waals surface area contributed by atoms with E-state index in [2.05, 4.69) is 5.32 Å². The summed E-state index contributed by atoms with van der Waals surface area (Å²) in [5, 5.41) is 11.3. The Labute approximate surface area is 92.1 Å². The molecule has 1 aromatic carbocycles. The van der Waals surface area contributed by atoms with E-state index in [9.17, 15) is 13.6 Å². The maximum absolute atomic E-state index is 12.3. The summed E-state index contributed by atoms with van der Waals surface area (Å²) < 4.78 is 24.6. The molecular formula is C11H13F2NO2. The fraction of sp³-hybridized carbons (Fsp3) is 0.364. The molecule has 2 unspecified atom stereocenters. The summed E-state index contributed by atoms with van der Waals surface area (Å²) in [7, 11) is 0. The van der Waals surface area contributed by atoms with Crippen molar-refractivity contribution < 1.29 is 18.7 Å². The Hall–Kier alpha value is -1.49. The molecule has 0 aliphatic heterocycles. The molecule has 1 rings (SSSR count). The number of aliphatic carboxylic acids is 1. The predicted molar refractivity (Wildman–Crippen MR) is 55.4 cm³/mol. The van der Waals surface area contributed by atoms with Crippen LogP contribution in [-0.2, 0) is 4.79 Å². The minimum atomic E-state index is -2.59. The number of nitrogens with one attached hydrogen (secondary N) is 1. The van der Waals surface area contributed by atoms with Gasteiger partial charge < -0.3 is 5.11 Å². The van der Waals surface area contributed by atoms with Gasteiger partial charge in [-0.15, -0.1) is 0 Å². The first-order chi connectivity index (χ1) is 7.52. The molecule has 0 fully saturated rings. The van der Waals surface area contributed by atoms with Crippen LogP contribution in [0.3, 0.4) is 0 Å². The maximum Gasteiger partial charge on any atom is 0.325 e. The zero-order valence-electron chi connectivity index (χ0n) is 8.73. The standard InChI is InChI=1S/C11H13F2NO2/c1-7(10(12)13)14-9(11(15)16)8-5-3-2-4-6-8/h2-7,9-10,14H,1H3,(H,15,16). The molecule has 0 saturated heterocycles. The van der Waals surface area contributed by atoms with Crippen molar-refractivity contribution >= 4 is 5.97 Å². The van der Waals surface area contributed by atoms with Gasteiger partial charge in [0.1, 0.15) is 6.04 Å². The lowest BCUT2D eigenvalue weighted by molar-refractivity contribution is -0.140. The molecule has 2 atom stereocenters. The van der Waals surface area contributed by atoms with Crippen molar-refractivity contribution in [1.82, 2.24) is 5.32 Å². The summed E-state index contributed by atoms with van der Waals surface area (Å²) in [6, 6.07) is 5.97. The Morgan fingerprint density at radius 3 is 2.31 bits per heavy atom. The van der Waals surface area contributed by atoms with Crippen LogP contribution in [-0.4, -0.2) is 23.5 Å². The molecule has 3 nitrogen and oxygen atoms in total. The van der Waals surface area contributed by atoms with Gasteiger partial charge in [0.25, 0.3) is 6.43 Å². The van der Waals surface area contributed by atoms with Crippen molar-refractivity contribution in [3.63, 3.8) is 0 Å². The highest BCUT2D eigenvalue weighted by atomic mass is 19.3. The van der Waals surface area contributed by atoms with Crippen LogP contribution in [0, 0.1) is 0 Å². The van der Waals surface area contributed by atoms with Crippen molar-refractivity contribution in [2.75, 3.05) is 0 Å². The van der Waals surface area contributed by atoms with Crippen LogP contribution in [0.4, 0.5) is 8.78 Å². The number of hydrogen-bond donors (Lipinski definition) is 2. The Morgan fingerprint density at radius 2 is 1.88 bits per heavy atom. The summed E-state index contributed by atoms with van der Waals surface area (Å²) in [6.45, 7) is 1.25. The molecule has 5 heteroatoms. The monoisotopic (exact) mass is 229 g/mol. The quantitative estimate of drug-likeness (QED) is 0.812. The van der Waals surface area contributed by atoms with Crippen LogP contribution < -0.4 is 5.32 Å². The van der Waals surface area contributed by atoms with Gasteiger partial charge in [-0.2, -0.15) is 0 Å². The number of carbonyl (C=O) groups is 1. The summed E-state index contributed by atoms with van der Waals surface area (Å²) in [5.74, 6) is -1.17. The molecule has 0 aliphatic rings. The molecule has 0 aliphatic carbocycles. The zero-order chi connectivity index (χ0) is 12.1. The van der Waals surface area contributed by atoms with Crippen LogP contribution in [0.25, 0.3) is 0 Å². The minimum Gasteiger partial charge on any atom is -0.480 e. The van der Waals surface area contributed by atoms with Gasteiger partial charge in [0.05, 0.1) is 6.04 Å². The molecule has 0 amide bonds. The second-order valence-corrected chi connectivity index (χ2v) is 3.47. The second-order valence-electron chi connectivity index (χ2n) is 3.47. The third-order valence-electron chi connectivity index (χ3n) is 2.19. The number of carboxylic acid groups (broad SMARTS) is 1. The van der Waals surface area contributed by atoms with Gasteiger partial charge in [-0.05, 0) is 12.5 Å². The molecule has 1 aromatic rings. The Balaban J connectivity index is 2.81. The third-order valence-corrected chi connectivity index (χ3v) is 2.19. The lowest BCUT2D eigenvalue weighted by Gasteiger charge is -2.19. The van der Waals surface area contributed by atoms with E-state index in [0.717, 1.165) is 0 Å². The molecule has 0 bridgehead atoms. The minimum absolute atomic E-state index is 0.461. The summed E-state index contributed by atoms with van der Waals surface area (Å²) in [5.41, 5.74) is 0.461. The van der Waals surface area contributed by atoms with Crippen LogP contribution >= 0.6 is 0 Å². The van der Waals surface area contributed by atoms with Gasteiger partial charge in [-0.25, -0.2) is 8.78 Å².